The van der Waals surface area contributed by atoms with Gasteiger partial charge in [-0.15, -0.1) is 0 Å². The van der Waals surface area contributed by atoms with Crippen LogP contribution in [0.2, 0.25) is 0 Å². The number of amides is 1. The van der Waals surface area contributed by atoms with Crippen molar-refractivity contribution in [2.24, 2.45) is 14.1 Å². The van der Waals surface area contributed by atoms with E-state index >= 15 is 0 Å². The van der Waals surface area contributed by atoms with Crippen LogP contribution in [0.4, 0.5) is 23.2 Å². The first-order valence-electron chi connectivity index (χ1n) is 8.79. The molecule has 0 spiro atoms. The third kappa shape index (κ3) is 4.25. The number of carbonyl (C=O) groups is 1. The molecule has 31 heavy (non-hydrogen) atoms. The minimum absolute atomic E-state index is 0.00847. The number of nitrogens with zero attached hydrogens (tertiary/aromatic N) is 2. The number of hydrogen-bond donors (Lipinski definition) is 1. The molecule has 1 heterocycles. The van der Waals surface area contributed by atoms with Crippen LogP contribution in [-0.4, -0.2) is 29.0 Å². The highest BCUT2D eigenvalue weighted by atomic mass is 19.3. The average Bonchev–Trinajstić information content (AvgIpc) is 2.91. The number of ether oxygens (including phenoxy) is 2. The van der Waals surface area contributed by atoms with Crippen LogP contribution in [0.25, 0.3) is 11.3 Å². The van der Waals surface area contributed by atoms with Gasteiger partial charge in [-0.25, -0.2) is 8.78 Å². The zero-order valence-electron chi connectivity index (χ0n) is 16.6. The molecule has 0 aliphatic heterocycles. The first-order valence-corrected chi connectivity index (χ1v) is 8.79. The number of alkyl halides is 2. The molecule has 0 saturated carbocycles. The summed E-state index contributed by atoms with van der Waals surface area (Å²) in [5.41, 5.74) is -1.79. The second-order valence-electron chi connectivity index (χ2n) is 6.40. The predicted molar refractivity (Wildman–Crippen MR) is 104 cm³/mol. The Morgan fingerprint density at radius 2 is 1.58 bits per heavy atom. The Bertz CT molecular complexity index is 1160. The van der Waals surface area contributed by atoms with Crippen LogP contribution in [0.15, 0.2) is 41.2 Å². The molecule has 1 N–H and O–H groups in total. The lowest BCUT2D eigenvalue weighted by atomic mass is 10.1. The van der Waals surface area contributed by atoms with Gasteiger partial charge in [0.15, 0.2) is 0 Å². The van der Waals surface area contributed by atoms with Gasteiger partial charge in [0, 0.05) is 31.8 Å². The van der Waals surface area contributed by atoms with Gasteiger partial charge in [-0.05, 0) is 24.3 Å². The van der Waals surface area contributed by atoms with Gasteiger partial charge in [0.05, 0.1) is 18.4 Å². The maximum Gasteiger partial charge on any atom is 0.387 e. The minimum atomic E-state index is -3.02. The molecule has 0 aliphatic carbocycles. The molecule has 0 bridgehead atoms. The largest absolute Gasteiger partial charge is 0.497 e. The van der Waals surface area contributed by atoms with Crippen molar-refractivity contribution in [3.63, 3.8) is 0 Å². The molecule has 1 amide bonds. The maximum atomic E-state index is 14.7. The van der Waals surface area contributed by atoms with Gasteiger partial charge in [-0.1, -0.05) is 0 Å². The van der Waals surface area contributed by atoms with Crippen LogP contribution >= 0.6 is 0 Å². The molecule has 0 aliphatic rings. The highest BCUT2D eigenvalue weighted by molar-refractivity contribution is 6.06. The van der Waals surface area contributed by atoms with Gasteiger partial charge in [-0.3, -0.25) is 19.0 Å². The standard InChI is InChI=1S/C20H17F4N3O4/c1-26-17(15-13(21)8-12(30-3)9-14(15)22)16(19(29)27(26)2)25-18(28)10-4-6-11(7-5-10)31-20(23)24/h4-9,20H,1-3H3,(H,25,28). The van der Waals surface area contributed by atoms with E-state index in [-0.39, 0.29) is 28.4 Å². The number of methoxy groups -OCH3 is 1. The summed E-state index contributed by atoms with van der Waals surface area (Å²) >= 11 is 0. The Morgan fingerprint density at radius 3 is 2.10 bits per heavy atom. The second-order valence-corrected chi connectivity index (χ2v) is 6.40. The summed E-state index contributed by atoms with van der Waals surface area (Å²) in [6, 6.07) is 6.59. The second kappa shape index (κ2) is 8.54. The number of nitrogens with one attached hydrogen (secondary N) is 1. The van der Waals surface area contributed by atoms with E-state index < -0.39 is 35.3 Å². The van der Waals surface area contributed by atoms with Crippen LogP contribution in [0.5, 0.6) is 11.5 Å². The van der Waals surface area contributed by atoms with E-state index in [9.17, 15) is 27.2 Å². The molecule has 1 aromatic heterocycles. The number of carbonyl (C=O) groups excluding carboxylic acids is 1. The highest BCUT2D eigenvalue weighted by Crippen LogP contribution is 2.33. The lowest BCUT2D eigenvalue weighted by Crippen LogP contribution is -2.21. The quantitative estimate of drug-likeness (QED) is 0.597. The van der Waals surface area contributed by atoms with Crippen molar-refractivity contribution in [1.29, 1.82) is 0 Å². The number of benzene rings is 2. The summed E-state index contributed by atoms with van der Waals surface area (Å²) in [6.45, 7) is -3.02. The summed E-state index contributed by atoms with van der Waals surface area (Å²) < 4.78 is 65.1. The molecule has 3 rings (SSSR count). The van der Waals surface area contributed by atoms with Gasteiger partial charge in [0.2, 0.25) is 0 Å². The first-order chi connectivity index (χ1) is 14.6. The highest BCUT2D eigenvalue weighted by Gasteiger charge is 2.26. The molecule has 7 nitrogen and oxygen atoms in total. The molecule has 0 radical (unpaired) electrons. The lowest BCUT2D eigenvalue weighted by molar-refractivity contribution is -0.0498. The molecule has 0 saturated heterocycles. The smallest absolute Gasteiger partial charge is 0.387 e. The van der Waals surface area contributed by atoms with E-state index in [1.165, 1.54) is 38.0 Å². The number of halogens is 4. The summed E-state index contributed by atoms with van der Waals surface area (Å²) in [6.07, 6.45) is 0. The SMILES string of the molecule is COc1cc(F)c(-c2c(NC(=O)c3ccc(OC(F)F)cc3)c(=O)n(C)n2C)c(F)c1. The zero-order valence-corrected chi connectivity index (χ0v) is 16.6. The van der Waals surface area contributed by atoms with Crippen molar-refractivity contribution >= 4 is 11.6 Å². The molecule has 0 unspecified atom stereocenters. The third-order valence-corrected chi connectivity index (χ3v) is 4.59. The van der Waals surface area contributed by atoms with E-state index in [0.29, 0.717) is 0 Å². The average molecular weight is 439 g/mol. The summed E-state index contributed by atoms with van der Waals surface area (Å²) in [5, 5.41) is 2.35. The van der Waals surface area contributed by atoms with E-state index in [4.69, 9.17) is 4.74 Å². The van der Waals surface area contributed by atoms with Gasteiger partial charge in [0.1, 0.15) is 28.8 Å². The first kappa shape index (κ1) is 21.9. The van der Waals surface area contributed by atoms with Gasteiger partial charge < -0.3 is 14.8 Å². The number of rotatable bonds is 6. The fraction of sp³-hybridized carbons (Fsp3) is 0.200. The number of anilines is 1. The Morgan fingerprint density at radius 1 is 1.00 bits per heavy atom. The van der Waals surface area contributed by atoms with Gasteiger partial charge >= 0.3 is 6.61 Å². The molecule has 11 heteroatoms. The zero-order chi connectivity index (χ0) is 22.9. The molecular weight excluding hydrogens is 422 g/mol. The van der Waals surface area contributed by atoms with Gasteiger partial charge in [0.25, 0.3) is 11.5 Å². The minimum Gasteiger partial charge on any atom is -0.497 e. The molecule has 0 fully saturated rings. The van der Waals surface area contributed by atoms with Crippen molar-refractivity contribution < 1.29 is 31.8 Å². The Labute approximate surface area is 173 Å². The van der Waals surface area contributed by atoms with Crippen molar-refractivity contribution in [3.8, 4) is 22.8 Å². The number of aromatic nitrogens is 2. The predicted octanol–water partition coefficient (Wildman–Crippen LogP) is 3.53. The molecular formula is C20H17F4N3O4. The van der Waals surface area contributed by atoms with Crippen LogP contribution in [0.3, 0.4) is 0 Å². The summed E-state index contributed by atoms with van der Waals surface area (Å²) in [4.78, 5) is 25.2. The van der Waals surface area contributed by atoms with Crippen molar-refractivity contribution in [3.05, 3.63) is 63.9 Å². The monoisotopic (exact) mass is 439 g/mol. The molecule has 2 aromatic carbocycles. The van der Waals surface area contributed by atoms with Gasteiger partial charge in [-0.2, -0.15) is 8.78 Å². The maximum absolute atomic E-state index is 14.7. The normalized spacial score (nSPS) is 11.0. The fourth-order valence-electron chi connectivity index (χ4n) is 2.98. The summed E-state index contributed by atoms with van der Waals surface area (Å²) in [7, 11) is 4.00. The Kier molecular flexibility index (Phi) is 6.04. The van der Waals surface area contributed by atoms with Crippen molar-refractivity contribution in [1.82, 2.24) is 9.36 Å². The van der Waals surface area contributed by atoms with E-state index in [1.54, 1.807) is 0 Å². The van der Waals surface area contributed by atoms with Crippen LogP contribution in [0, 0.1) is 11.6 Å². The molecule has 0 atom stereocenters. The Balaban J connectivity index is 2.03. The fourth-order valence-corrected chi connectivity index (χ4v) is 2.98. The molecule has 164 valence electrons. The van der Waals surface area contributed by atoms with E-state index in [1.807, 2.05) is 0 Å². The van der Waals surface area contributed by atoms with E-state index in [0.717, 1.165) is 28.9 Å². The number of hydrogen-bond acceptors (Lipinski definition) is 4. The molecule has 3 aromatic rings. The van der Waals surface area contributed by atoms with Crippen LogP contribution in [0.1, 0.15) is 10.4 Å². The van der Waals surface area contributed by atoms with E-state index in [2.05, 4.69) is 10.1 Å². The van der Waals surface area contributed by atoms with Crippen molar-refractivity contribution in [2.75, 3.05) is 12.4 Å². The van der Waals surface area contributed by atoms with Crippen LogP contribution in [-0.2, 0) is 14.1 Å². The third-order valence-electron chi connectivity index (χ3n) is 4.59. The lowest BCUT2D eigenvalue weighted by Gasteiger charge is -2.12. The summed E-state index contributed by atoms with van der Waals surface area (Å²) in [5.74, 6) is -3.01. The topological polar surface area (TPSA) is 74.5 Å². The van der Waals surface area contributed by atoms with Crippen LogP contribution < -0.4 is 20.3 Å². The Hall–Kier alpha value is -3.76. The van der Waals surface area contributed by atoms with Crippen molar-refractivity contribution in [2.45, 2.75) is 6.61 Å².